The molecule has 4 rings (SSSR count). The van der Waals surface area contributed by atoms with E-state index in [-0.39, 0.29) is 59.2 Å². The van der Waals surface area contributed by atoms with Crippen LogP contribution in [0.25, 0.3) is 0 Å². The first-order valence-electron chi connectivity index (χ1n) is 13.5. The van der Waals surface area contributed by atoms with E-state index in [0.29, 0.717) is 24.2 Å². The van der Waals surface area contributed by atoms with E-state index < -0.39 is 5.97 Å². The molecule has 1 unspecified atom stereocenters. The van der Waals surface area contributed by atoms with Gasteiger partial charge in [0.1, 0.15) is 12.2 Å². The summed E-state index contributed by atoms with van der Waals surface area (Å²) in [5, 5.41) is 9.27. The van der Waals surface area contributed by atoms with Crippen molar-refractivity contribution < 1.29 is 29.0 Å². The first-order chi connectivity index (χ1) is 16.0. The van der Waals surface area contributed by atoms with Gasteiger partial charge in [-0.3, -0.25) is 14.4 Å². The fourth-order valence-corrected chi connectivity index (χ4v) is 9.40. The number of carbonyl (C=O) groups is 3. The van der Waals surface area contributed by atoms with Crippen LogP contribution in [0.4, 0.5) is 0 Å². The average Bonchev–Trinajstić information content (AvgIpc) is 3.10. The van der Waals surface area contributed by atoms with E-state index in [2.05, 4.69) is 20.8 Å². The lowest BCUT2D eigenvalue weighted by Gasteiger charge is -2.63. The summed E-state index contributed by atoms with van der Waals surface area (Å²) in [7, 11) is 0. The Kier molecular flexibility index (Phi) is 7.10. The Hall–Kier alpha value is -1.59. The minimum absolute atomic E-state index is 0.0747. The quantitative estimate of drug-likeness (QED) is 0.501. The summed E-state index contributed by atoms with van der Waals surface area (Å²) in [4.78, 5) is 35.8. The molecule has 1 N–H and O–H groups in total. The highest BCUT2D eigenvalue weighted by Gasteiger charge is 2.67. The van der Waals surface area contributed by atoms with E-state index in [1.807, 2.05) is 0 Å². The predicted molar refractivity (Wildman–Crippen MR) is 128 cm³/mol. The van der Waals surface area contributed by atoms with Crippen molar-refractivity contribution in [3.8, 4) is 0 Å². The summed E-state index contributed by atoms with van der Waals surface area (Å²) < 4.78 is 12.2. The highest BCUT2D eigenvalue weighted by Crippen LogP contribution is 2.69. The van der Waals surface area contributed by atoms with Crippen molar-refractivity contribution in [3.63, 3.8) is 0 Å². The van der Waals surface area contributed by atoms with Crippen LogP contribution in [0.15, 0.2) is 0 Å². The van der Waals surface area contributed by atoms with Crippen LogP contribution in [0.5, 0.6) is 0 Å². The number of hydrogen-bond donors (Lipinski definition) is 1. The van der Waals surface area contributed by atoms with Gasteiger partial charge >= 0.3 is 17.9 Å². The molecular weight excluding hydrogens is 432 g/mol. The highest BCUT2D eigenvalue weighted by molar-refractivity contribution is 5.67. The normalized spacial score (nSPS) is 44.2. The SMILES string of the molecule is CC(=O)O[C@H]1C[C@H]2[C@@H]([C@H](OC(C)=O)C[C@@H]3CCCC[C@@]32C)[C@@H]2CCC([C@H](C)CCC(=O)O)[C@@]12C. The summed E-state index contributed by atoms with van der Waals surface area (Å²) in [6, 6.07) is 0. The third-order valence-electron chi connectivity index (χ3n) is 10.8. The van der Waals surface area contributed by atoms with E-state index in [4.69, 9.17) is 9.47 Å². The predicted octanol–water partition coefficient (Wildman–Crippen LogP) is 5.62. The van der Waals surface area contributed by atoms with E-state index in [1.165, 1.54) is 39.5 Å². The topological polar surface area (TPSA) is 89.9 Å². The molecule has 0 radical (unpaired) electrons. The van der Waals surface area contributed by atoms with Crippen LogP contribution in [-0.2, 0) is 23.9 Å². The molecular formula is C28H44O6. The third-order valence-corrected chi connectivity index (χ3v) is 10.8. The number of carbonyl (C=O) groups excluding carboxylic acids is 2. The van der Waals surface area contributed by atoms with Gasteiger partial charge < -0.3 is 14.6 Å². The fourth-order valence-electron chi connectivity index (χ4n) is 9.40. The molecule has 6 heteroatoms. The molecule has 0 aromatic heterocycles. The molecule has 0 saturated heterocycles. The summed E-state index contributed by atoms with van der Waals surface area (Å²) in [6.07, 6.45) is 9.21. The smallest absolute Gasteiger partial charge is 0.303 e. The van der Waals surface area contributed by atoms with Gasteiger partial charge in [-0.2, -0.15) is 0 Å². The van der Waals surface area contributed by atoms with E-state index in [9.17, 15) is 19.5 Å². The molecule has 0 spiro atoms. The Morgan fingerprint density at radius 2 is 1.68 bits per heavy atom. The van der Waals surface area contributed by atoms with Gasteiger partial charge in [0, 0.05) is 31.6 Å². The van der Waals surface area contributed by atoms with Crippen LogP contribution in [0.3, 0.4) is 0 Å². The van der Waals surface area contributed by atoms with Crippen LogP contribution >= 0.6 is 0 Å². The fraction of sp³-hybridized carbons (Fsp3) is 0.893. The van der Waals surface area contributed by atoms with Crippen molar-refractivity contribution in [1.29, 1.82) is 0 Å². The molecule has 4 saturated carbocycles. The van der Waals surface area contributed by atoms with Crippen molar-refractivity contribution in [2.75, 3.05) is 0 Å². The number of carboxylic acid groups (broad SMARTS) is 1. The second-order valence-corrected chi connectivity index (χ2v) is 12.4. The monoisotopic (exact) mass is 476 g/mol. The maximum absolute atomic E-state index is 12.3. The molecule has 0 aromatic carbocycles. The minimum Gasteiger partial charge on any atom is -0.481 e. The molecule has 4 fully saturated rings. The van der Waals surface area contributed by atoms with Gasteiger partial charge in [-0.1, -0.05) is 33.6 Å². The van der Waals surface area contributed by atoms with Gasteiger partial charge in [0.2, 0.25) is 0 Å². The summed E-state index contributed by atoms with van der Waals surface area (Å²) in [5.41, 5.74) is -0.0483. The van der Waals surface area contributed by atoms with Crippen molar-refractivity contribution in [1.82, 2.24) is 0 Å². The van der Waals surface area contributed by atoms with Gasteiger partial charge in [0.05, 0.1) is 0 Å². The van der Waals surface area contributed by atoms with Gasteiger partial charge in [-0.25, -0.2) is 0 Å². The summed E-state index contributed by atoms with van der Waals surface area (Å²) >= 11 is 0. The second kappa shape index (κ2) is 9.46. The van der Waals surface area contributed by atoms with Crippen LogP contribution < -0.4 is 0 Å². The van der Waals surface area contributed by atoms with E-state index >= 15 is 0 Å². The number of aliphatic carboxylic acids is 1. The molecule has 10 atom stereocenters. The third kappa shape index (κ3) is 4.28. The Bertz CT molecular complexity index is 809. The molecule has 4 aliphatic rings. The number of ether oxygens (including phenoxy) is 2. The summed E-state index contributed by atoms with van der Waals surface area (Å²) in [6.45, 7) is 9.94. The standard InChI is InChI=1S/C28H44O6/c1-16(9-12-25(31)32)20-10-11-21-26-22(15-24(28(20,21)5)34-18(3)30)27(4)13-7-6-8-19(27)14-23(26)33-17(2)29/h16,19-24,26H,6-15H2,1-5H3,(H,31,32)/t16-,19+,20?,21+,22+,23-,24+,26+,27+,28-/m1/s1. The number of rotatable bonds is 6. The zero-order chi connectivity index (χ0) is 24.8. The number of esters is 2. The Morgan fingerprint density at radius 3 is 2.32 bits per heavy atom. The molecule has 0 aliphatic heterocycles. The maximum Gasteiger partial charge on any atom is 0.303 e. The Morgan fingerprint density at radius 1 is 0.971 bits per heavy atom. The lowest BCUT2D eigenvalue weighted by atomic mass is 9.43. The van der Waals surface area contributed by atoms with Crippen molar-refractivity contribution >= 4 is 17.9 Å². The Balaban J connectivity index is 1.73. The summed E-state index contributed by atoms with van der Waals surface area (Å²) in [5.74, 6) is 0.819. The lowest BCUT2D eigenvalue weighted by molar-refractivity contribution is -0.220. The molecule has 34 heavy (non-hydrogen) atoms. The first kappa shape index (κ1) is 25.5. The Labute approximate surface area is 204 Å². The maximum atomic E-state index is 12.3. The molecule has 0 aromatic rings. The van der Waals surface area contributed by atoms with E-state index in [1.54, 1.807) is 0 Å². The molecule has 0 heterocycles. The van der Waals surface area contributed by atoms with Gasteiger partial charge in [-0.15, -0.1) is 0 Å². The minimum atomic E-state index is -0.759. The van der Waals surface area contributed by atoms with Gasteiger partial charge in [-0.05, 0) is 80.0 Å². The number of carboxylic acids is 1. The molecule has 6 nitrogen and oxygen atoms in total. The lowest BCUT2D eigenvalue weighted by Crippen LogP contribution is -2.63. The molecule has 0 bridgehead atoms. The van der Waals surface area contributed by atoms with Gasteiger partial charge in [0.15, 0.2) is 0 Å². The number of fused-ring (bicyclic) bond motifs is 5. The van der Waals surface area contributed by atoms with Crippen molar-refractivity contribution in [2.24, 2.45) is 46.3 Å². The first-order valence-corrected chi connectivity index (χ1v) is 13.5. The van der Waals surface area contributed by atoms with Crippen molar-refractivity contribution in [2.45, 2.75) is 111 Å². The van der Waals surface area contributed by atoms with Crippen molar-refractivity contribution in [3.05, 3.63) is 0 Å². The van der Waals surface area contributed by atoms with Crippen LogP contribution in [0.1, 0.15) is 98.8 Å². The highest BCUT2D eigenvalue weighted by atomic mass is 16.5. The second-order valence-electron chi connectivity index (χ2n) is 12.4. The van der Waals surface area contributed by atoms with Crippen LogP contribution in [0.2, 0.25) is 0 Å². The number of hydrogen-bond acceptors (Lipinski definition) is 5. The molecule has 0 amide bonds. The zero-order valence-corrected chi connectivity index (χ0v) is 21.7. The van der Waals surface area contributed by atoms with Crippen LogP contribution in [0, 0.1) is 46.3 Å². The van der Waals surface area contributed by atoms with E-state index in [0.717, 1.165) is 25.7 Å². The average molecular weight is 477 g/mol. The largest absolute Gasteiger partial charge is 0.481 e. The molecule has 4 aliphatic carbocycles. The van der Waals surface area contributed by atoms with Crippen LogP contribution in [-0.4, -0.2) is 35.2 Å². The molecule has 192 valence electrons. The zero-order valence-electron chi connectivity index (χ0n) is 21.7. The van der Waals surface area contributed by atoms with Gasteiger partial charge in [0.25, 0.3) is 0 Å².